The Morgan fingerprint density at radius 1 is 0.750 bits per heavy atom. The Kier molecular flexibility index (Phi) is 237. The third-order valence-electron chi connectivity index (χ3n) is 0. The number of rotatable bonds is 0. The van der Waals surface area contributed by atoms with Crippen molar-refractivity contribution in [3.05, 3.63) is 0 Å². The molecule has 0 unspecified atom stereocenters. The maximum Gasteiger partial charge on any atom is 0 e. The SMILES string of the molecule is Cl.Cl.[Mn].[Zn]. The van der Waals surface area contributed by atoms with Crippen LogP contribution in [0.15, 0.2) is 0 Å². The first-order valence-corrected chi connectivity index (χ1v) is 0. The molecule has 0 aromatic carbocycles. The Morgan fingerprint density at radius 2 is 0.750 bits per heavy atom. The third kappa shape index (κ3) is 9.30. The predicted octanol–water partition coefficient (Wildman–Crippen LogP) is 0.839. The molecular formula is H2Cl2MnZn. The van der Waals surface area contributed by atoms with Gasteiger partial charge in [-0.25, -0.2) is 0 Å². The fourth-order valence-corrected chi connectivity index (χ4v) is 0. The van der Waals surface area contributed by atoms with Gasteiger partial charge in [0.1, 0.15) is 0 Å². The maximum absolute atomic E-state index is 0. The van der Waals surface area contributed by atoms with Crippen LogP contribution in [0.25, 0.3) is 0 Å². The van der Waals surface area contributed by atoms with E-state index in [0.29, 0.717) is 0 Å². The molecule has 0 aromatic rings. The van der Waals surface area contributed by atoms with E-state index in [4.69, 9.17) is 0 Å². The number of hydrogen-bond donors (Lipinski definition) is 0. The van der Waals surface area contributed by atoms with Crippen LogP contribution in [0.3, 0.4) is 0 Å². The van der Waals surface area contributed by atoms with Gasteiger partial charge in [-0.15, -0.1) is 24.8 Å². The van der Waals surface area contributed by atoms with Crippen molar-refractivity contribution in [3.63, 3.8) is 0 Å². The molecule has 0 atom stereocenters. The van der Waals surface area contributed by atoms with Gasteiger partial charge in [0.15, 0.2) is 0 Å². The van der Waals surface area contributed by atoms with Crippen LogP contribution in [0.1, 0.15) is 0 Å². The van der Waals surface area contributed by atoms with E-state index in [1.807, 2.05) is 0 Å². The molecule has 0 aliphatic heterocycles. The number of hydrogen-bond acceptors (Lipinski definition) is 0. The van der Waals surface area contributed by atoms with E-state index in [9.17, 15) is 0 Å². The van der Waals surface area contributed by atoms with Crippen LogP contribution >= 0.6 is 24.8 Å². The monoisotopic (exact) mass is 191 g/mol. The van der Waals surface area contributed by atoms with Crippen LogP contribution in [-0.4, -0.2) is 0 Å². The molecule has 0 aliphatic rings. The van der Waals surface area contributed by atoms with E-state index in [-0.39, 0.29) is 61.4 Å². The zero-order chi connectivity index (χ0) is 0. The molecule has 0 saturated heterocycles. The van der Waals surface area contributed by atoms with Crippen LogP contribution in [0.4, 0.5) is 0 Å². The Hall–Kier alpha value is 1.72. The minimum atomic E-state index is 0. The van der Waals surface area contributed by atoms with Crippen molar-refractivity contribution in [1.82, 2.24) is 0 Å². The molecule has 0 fully saturated rings. The van der Waals surface area contributed by atoms with Gasteiger partial charge in [-0.2, -0.15) is 0 Å². The van der Waals surface area contributed by atoms with E-state index in [1.54, 1.807) is 0 Å². The van der Waals surface area contributed by atoms with E-state index in [2.05, 4.69) is 0 Å². The van der Waals surface area contributed by atoms with Gasteiger partial charge in [0, 0.05) is 36.5 Å². The molecule has 0 heterocycles. The van der Waals surface area contributed by atoms with E-state index < -0.39 is 0 Å². The summed E-state index contributed by atoms with van der Waals surface area (Å²) in [7, 11) is 0. The minimum Gasteiger partial charge on any atom is -0.147 e. The Balaban J connectivity index is 0. The topological polar surface area (TPSA) is 0 Å². The van der Waals surface area contributed by atoms with Crippen molar-refractivity contribution < 1.29 is 36.5 Å². The van der Waals surface area contributed by atoms with Gasteiger partial charge in [-0.1, -0.05) is 0 Å². The average molecular weight is 193 g/mol. The van der Waals surface area contributed by atoms with Crippen molar-refractivity contribution >= 4 is 24.8 Å². The van der Waals surface area contributed by atoms with Gasteiger partial charge < -0.3 is 0 Å². The summed E-state index contributed by atoms with van der Waals surface area (Å²) in [5.41, 5.74) is 0. The summed E-state index contributed by atoms with van der Waals surface area (Å²) in [6, 6.07) is 0. The summed E-state index contributed by atoms with van der Waals surface area (Å²) >= 11 is 0. The summed E-state index contributed by atoms with van der Waals surface area (Å²) in [6.45, 7) is 0. The van der Waals surface area contributed by atoms with E-state index in [0.717, 1.165) is 0 Å². The van der Waals surface area contributed by atoms with Crippen molar-refractivity contribution in [2.45, 2.75) is 0 Å². The maximum atomic E-state index is 0. The van der Waals surface area contributed by atoms with Crippen molar-refractivity contribution in [1.29, 1.82) is 0 Å². The molecule has 0 aliphatic carbocycles. The second-order valence-electron chi connectivity index (χ2n) is 0. The van der Waals surface area contributed by atoms with Gasteiger partial charge in [0.25, 0.3) is 0 Å². The molecule has 0 saturated carbocycles. The van der Waals surface area contributed by atoms with Crippen LogP contribution in [-0.2, 0) is 36.5 Å². The van der Waals surface area contributed by atoms with Crippen molar-refractivity contribution in [2.24, 2.45) is 0 Å². The fourth-order valence-electron chi connectivity index (χ4n) is 0. The first-order valence-electron chi connectivity index (χ1n) is 0. The zero-order valence-corrected chi connectivity index (χ0v) is 7.68. The molecule has 25 valence electrons. The largest absolute Gasteiger partial charge is 0.147 e. The van der Waals surface area contributed by atoms with Gasteiger partial charge in [-0.3, -0.25) is 0 Å². The normalized spacial score (nSPS) is 0. The van der Waals surface area contributed by atoms with Gasteiger partial charge >= 0.3 is 0 Å². The third-order valence-corrected chi connectivity index (χ3v) is 0. The minimum absolute atomic E-state index is 0. The molecule has 1 radical (unpaired) electrons. The van der Waals surface area contributed by atoms with Crippen LogP contribution < -0.4 is 0 Å². The van der Waals surface area contributed by atoms with Crippen LogP contribution in [0.2, 0.25) is 0 Å². The fraction of sp³-hybridized carbons (Fsp3) is 0. The van der Waals surface area contributed by atoms with Gasteiger partial charge in [-0.05, 0) is 0 Å². The van der Waals surface area contributed by atoms with Crippen LogP contribution in [0, 0.1) is 0 Å². The summed E-state index contributed by atoms with van der Waals surface area (Å²) in [5, 5.41) is 0. The first kappa shape index (κ1) is 43.0. The van der Waals surface area contributed by atoms with Gasteiger partial charge in [0.05, 0.1) is 0 Å². The molecule has 0 nitrogen and oxygen atoms in total. The summed E-state index contributed by atoms with van der Waals surface area (Å²) in [4.78, 5) is 0. The number of halogens is 2. The Bertz CT molecular complexity index is 6.00. The average Bonchev–Trinajstić information content (AvgIpc) is 0. The molecule has 4 heteroatoms. The Morgan fingerprint density at radius 3 is 0.750 bits per heavy atom. The molecule has 0 amide bonds. The van der Waals surface area contributed by atoms with Crippen molar-refractivity contribution in [2.75, 3.05) is 0 Å². The molecular weight excluding hydrogens is 191 g/mol. The van der Waals surface area contributed by atoms with E-state index >= 15 is 0 Å². The summed E-state index contributed by atoms with van der Waals surface area (Å²) in [5.74, 6) is 0. The second-order valence-corrected chi connectivity index (χ2v) is 0. The molecule has 4 heavy (non-hydrogen) atoms. The summed E-state index contributed by atoms with van der Waals surface area (Å²) < 4.78 is 0. The van der Waals surface area contributed by atoms with Crippen LogP contribution in [0.5, 0.6) is 0 Å². The predicted molar refractivity (Wildman–Crippen MR) is 14.5 cm³/mol. The molecule has 0 rings (SSSR count). The Labute approximate surface area is 61.2 Å². The standard InChI is InChI=1S/2ClH.Mn.Zn/h2*1H;;. The molecule has 0 bridgehead atoms. The smallest absolute Gasteiger partial charge is 0 e. The second kappa shape index (κ2) is 22.1. The molecule has 0 spiro atoms. The quantitative estimate of drug-likeness (QED) is 0.500. The first-order chi connectivity index (χ1) is 0. The molecule has 0 aromatic heterocycles. The zero-order valence-electron chi connectivity index (χ0n) is 1.90. The summed E-state index contributed by atoms with van der Waals surface area (Å²) in [6.07, 6.45) is 0. The van der Waals surface area contributed by atoms with Gasteiger partial charge in [0.2, 0.25) is 0 Å². The van der Waals surface area contributed by atoms with E-state index in [1.165, 1.54) is 0 Å². The molecule has 0 N–H and O–H groups in total. The van der Waals surface area contributed by atoms with Crippen molar-refractivity contribution in [3.8, 4) is 0 Å².